The SMILES string of the molecule is Cc1cc(CC(=O)N(Cc2ccc(-c3noc(C(F)(F)F)n3)cn2)c2cccc(F)c2)on1. The molecule has 170 valence electrons. The second-order valence-electron chi connectivity index (χ2n) is 7.03. The van der Waals surface area contributed by atoms with Crippen LogP contribution in [-0.2, 0) is 23.9 Å². The molecule has 0 bridgehead atoms. The lowest BCUT2D eigenvalue weighted by Gasteiger charge is -2.22. The van der Waals surface area contributed by atoms with E-state index in [1.54, 1.807) is 19.1 Å². The monoisotopic (exact) mass is 461 g/mol. The highest BCUT2D eigenvalue weighted by molar-refractivity contribution is 5.94. The zero-order chi connectivity index (χ0) is 23.6. The van der Waals surface area contributed by atoms with Crippen molar-refractivity contribution in [2.75, 3.05) is 4.90 Å². The number of aromatic nitrogens is 4. The molecule has 0 aliphatic heterocycles. The summed E-state index contributed by atoms with van der Waals surface area (Å²) in [5.41, 5.74) is 1.50. The molecule has 1 amide bonds. The normalized spacial score (nSPS) is 11.5. The minimum Gasteiger partial charge on any atom is -0.361 e. The molecule has 4 rings (SSSR count). The van der Waals surface area contributed by atoms with E-state index in [1.165, 1.54) is 41.4 Å². The number of anilines is 1. The highest BCUT2D eigenvalue weighted by atomic mass is 19.4. The van der Waals surface area contributed by atoms with Gasteiger partial charge >= 0.3 is 12.1 Å². The van der Waals surface area contributed by atoms with Gasteiger partial charge in [-0.15, -0.1) is 0 Å². The van der Waals surface area contributed by atoms with Crippen LogP contribution < -0.4 is 4.90 Å². The van der Waals surface area contributed by atoms with E-state index in [1.807, 2.05) is 0 Å². The Balaban J connectivity index is 1.56. The summed E-state index contributed by atoms with van der Waals surface area (Å²) in [7, 11) is 0. The number of alkyl halides is 3. The van der Waals surface area contributed by atoms with E-state index >= 15 is 0 Å². The van der Waals surface area contributed by atoms with Crippen LogP contribution in [0.2, 0.25) is 0 Å². The molecule has 0 unspecified atom stereocenters. The molecule has 0 radical (unpaired) electrons. The minimum atomic E-state index is -4.76. The Morgan fingerprint density at radius 3 is 2.52 bits per heavy atom. The molecule has 3 heterocycles. The van der Waals surface area contributed by atoms with Gasteiger partial charge in [0.15, 0.2) is 0 Å². The number of carbonyl (C=O) groups excluding carboxylic acids is 1. The van der Waals surface area contributed by atoms with Gasteiger partial charge in [-0.05, 0) is 37.3 Å². The number of rotatable bonds is 6. The van der Waals surface area contributed by atoms with Crippen molar-refractivity contribution in [1.29, 1.82) is 0 Å². The molecule has 0 atom stereocenters. The molecule has 3 aromatic heterocycles. The lowest BCUT2D eigenvalue weighted by Crippen LogP contribution is -2.32. The number of halogens is 4. The van der Waals surface area contributed by atoms with Crippen molar-refractivity contribution >= 4 is 11.6 Å². The van der Waals surface area contributed by atoms with Crippen LogP contribution in [0, 0.1) is 12.7 Å². The molecule has 8 nitrogen and oxygen atoms in total. The zero-order valence-corrected chi connectivity index (χ0v) is 17.0. The first-order valence-electron chi connectivity index (χ1n) is 9.53. The fourth-order valence-corrected chi connectivity index (χ4v) is 2.98. The first kappa shape index (κ1) is 22.1. The zero-order valence-electron chi connectivity index (χ0n) is 17.0. The molecular formula is C21H15F4N5O3. The smallest absolute Gasteiger partial charge is 0.361 e. The average Bonchev–Trinajstić information content (AvgIpc) is 3.42. The van der Waals surface area contributed by atoms with Gasteiger partial charge in [-0.25, -0.2) is 4.39 Å². The number of hydrogen-bond donors (Lipinski definition) is 0. The van der Waals surface area contributed by atoms with Crippen molar-refractivity contribution in [1.82, 2.24) is 20.3 Å². The van der Waals surface area contributed by atoms with Gasteiger partial charge in [0.25, 0.3) is 0 Å². The van der Waals surface area contributed by atoms with Gasteiger partial charge in [-0.2, -0.15) is 18.2 Å². The summed E-state index contributed by atoms with van der Waals surface area (Å²) in [5, 5.41) is 7.06. The molecule has 33 heavy (non-hydrogen) atoms. The molecule has 0 N–H and O–H groups in total. The number of carbonyl (C=O) groups is 1. The third kappa shape index (κ3) is 5.22. The summed E-state index contributed by atoms with van der Waals surface area (Å²) in [5.74, 6) is -2.32. The third-order valence-corrected chi connectivity index (χ3v) is 4.49. The average molecular weight is 461 g/mol. The molecule has 0 saturated carbocycles. The van der Waals surface area contributed by atoms with E-state index in [0.717, 1.165) is 0 Å². The summed E-state index contributed by atoms with van der Waals surface area (Å²) < 4.78 is 61.1. The lowest BCUT2D eigenvalue weighted by atomic mass is 10.2. The van der Waals surface area contributed by atoms with Gasteiger partial charge in [-0.1, -0.05) is 16.4 Å². The van der Waals surface area contributed by atoms with Gasteiger partial charge in [-0.3, -0.25) is 9.78 Å². The van der Waals surface area contributed by atoms with Gasteiger partial charge < -0.3 is 13.9 Å². The molecule has 12 heteroatoms. The first-order chi connectivity index (χ1) is 15.7. The molecule has 4 aromatic rings. The maximum atomic E-state index is 13.8. The molecule has 0 aliphatic carbocycles. The van der Waals surface area contributed by atoms with E-state index in [4.69, 9.17) is 4.52 Å². The van der Waals surface area contributed by atoms with Crippen LogP contribution in [0.25, 0.3) is 11.4 Å². The van der Waals surface area contributed by atoms with Crippen molar-refractivity contribution in [2.24, 2.45) is 0 Å². The van der Waals surface area contributed by atoms with Crippen LogP contribution in [0.4, 0.5) is 23.2 Å². The van der Waals surface area contributed by atoms with E-state index in [2.05, 4.69) is 24.8 Å². The lowest BCUT2D eigenvalue weighted by molar-refractivity contribution is -0.159. The van der Waals surface area contributed by atoms with Crippen molar-refractivity contribution in [3.05, 3.63) is 77.5 Å². The second-order valence-corrected chi connectivity index (χ2v) is 7.03. The maximum absolute atomic E-state index is 13.8. The van der Waals surface area contributed by atoms with Gasteiger partial charge in [0.2, 0.25) is 11.7 Å². The second kappa shape index (κ2) is 8.81. The fourth-order valence-electron chi connectivity index (χ4n) is 2.98. The van der Waals surface area contributed by atoms with Crippen molar-refractivity contribution < 1.29 is 31.4 Å². The number of aryl methyl sites for hydroxylation is 1. The summed E-state index contributed by atoms with van der Waals surface area (Å²) in [4.78, 5) is 21.8. The van der Waals surface area contributed by atoms with Gasteiger partial charge in [0.05, 0.1) is 24.4 Å². The van der Waals surface area contributed by atoms with Crippen LogP contribution >= 0.6 is 0 Å². The Kier molecular flexibility index (Phi) is 5.90. The van der Waals surface area contributed by atoms with Crippen molar-refractivity contribution in [3.8, 4) is 11.4 Å². The molecule has 0 spiro atoms. The standard InChI is InChI=1S/C21H15F4N5O3/c1-12-7-17(32-28-12)9-18(31)30(16-4-2-3-14(22)8-16)11-15-6-5-13(10-26-15)19-27-20(33-29-19)21(23,24)25/h2-8,10H,9,11H2,1H3. The Labute approximate surface area is 183 Å². The van der Waals surface area contributed by atoms with E-state index < -0.39 is 23.8 Å². The summed E-state index contributed by atoms with van der Waals surface area (Å²) in [6.07, 6.45) is -3.61. The molecule has 0 fully saturated rings. The van der Waals surface area contributed by atoms with Gasteiger partial charge in [0.1, 0.15) is 11.6 Å². The van der Waals surface area contributed by atoms with Crippen molar-refractivity contribution in [3.63, 3.8) is 0 Å². The fraction of sp³-hybridized carbons (Fsp3) is 0.190. The van der Waals surface area contributed by atoms with E-state index in [9.17, 15) is 22.4 Å². The Bertz CT molecular complexity index is 1270. The topological polar surface area (TPSA) is 98.2 Å². The highest BCUT2D eigenvalue weighted by Crippen LogP contribution is 2.29. The number of pyridine rings is 1. The minimum absolute atomic E-state index is 0.0320. The van der Waals surface area contributed by atoms with Gasteiger partial charge in [0, 0.05) is 23.5 Å². The predicted octanol–water partition coefficient (Wildman–Crippen LogP) is 4.36. The number of hydrogen-bond acceptors (Lipinski definition) is 7. The highest BCUT2D eigenvalue weighted by Gasteiger charge is 2.38. The Morgan fingerprint density at radius 1 is 1.09 bits per heavy atom. The molecule has 0 aliphatic rings. The number of benzene rings is 1. The number of amides is 1. The summed E-state index contributed by atoms with van der Waals surface area (Å²) in [6, 6.07) is 10.1. The van der Waals surface area contributed by atoms with Crippen molar-refractivity contribution in [2.45, 2.75) is 26.1 Å². The van der Waals surface area contributed by atoms with E-state index in [0.29, 0.717) is 22.8 Å². The largest absolute Gasteiger partial charge is 0.471 e. The number of nitrogens with zero attached hydrogens (tertiary/aromatic N) is 5. The quantitative estimate of drug-likeness (QED) is 0.394. The summed E-state index contributed by atoms with van der Waals surface area (Å²) >= 11 is 0. The molecule has 0 saturated heterocycles. The van der Waals surface area contributed by atoms with Crippen LogP contribution in [0.5, 0.6) is 0 Å². The molecular weight excluding hydrogens is 446 g/mol. The Morgan fingerprint density at radius 2 is 1.91 bits per heavy atom. The third-order valence-electron chi connectivity index (χ3n) is 4.49. The van der Waals surface area contributed by atoms with Crippen LogP contribution in [-0.4, -0.2) is 26.2 Å². The molecule has 1 aromatic carbocycles. The predicted molar refractivity (Wildman–Crippen MR) is 105 cm³/mol. The van der Waals surface area contributed by atoms with E-state index in [-0.39, 0.29) is 24.4 Å². The summed E-state index contributed by atoms with van der Waals surface area (Å²) in [6.45, 7) is 1.68. The maximum Gasteiger partial charge on any atom is 0.471 e. The first-order valence-corrected chi connectivity index (χ1v) is 9.53. The van der Waals surface area contributed by atoms with Crippen LogP contribution in [0.15, 0.2) is 57.7 Å². The van der Waals surface area contributed by atoms with Crippen LogP contribution in [0.1, 0.15) is 23.0 Å². The van der Waals surface area contributed by atoms with Crippen LogP contribution in [0.3, 0.4) is 0 Å². The Hall–Kier alpha value is -4.09.